The first-order chi connectivity index (χ1) is 13.1. The van der Waals surface area contributed by atoms with Crippen LogP contribution in [0.4, 0.5) is 5.69 Å². The van der Waals surface area contributed by atoms with E-state index >= 15 is 0 Å². The topological polar surface area (TPSA) is 89.6 Å². The molecule has 0 atom stereocenters. The Balaban J connectivity index is 1.56. The van der Waals surface area contributed by atoms with Gasteiger partial charge in [0.15, 0.2) is 0 Å². The largest absolute Gasteiger partial charge is 0.478 e. The van der Waals surface area contributed by atoms with Crippen molar-refractivity contribution in [1.29, 1.82) is 0 Å². The number of benzene rings is 3. The first kappa shape index (κ1) is 16.8. The second kappa shape index (κ2) is 6.61. The Labute approximate surface area is 156 Å². The average Bonchev–Trinajstić information content (AvgIpc) is 2.99. The lowest BCUT2D eigenvalue weighted by molar-refractivity contribution is 0.0492. The molecule has 0 saturated heterocycles. The highest BCUT2D eigenvalue weighted by atomic mass is 16.5. The van der Waals surface area contributed by atoms with Crippen LogP contribution in [0.2, 0.25) is 0 Å². The van der Waals surface area contributed by atoms with Crippen molar-refractivity contribution in [2.75, 3.05) is 12.3 Å². The molecule has 3 N–H and O–H groups in total. The van der Waals surface area contributed by atoms with Gasteiger partial charge in [0.1, 0.15) is 6.61 Å². The number of carbonyl (C=O) groups excluding carboxylic acids is 1. The molecule has 0 aromatic heterocycles. The molecule has 1 aliphatic carbocycles. The molecule has 0 fully saturated rings. The molecule has 3 aromatic rings. The Kier molecular flexibility index (Phi) is 4.12. The van der Waals surface area contributed by atoms with Crippen LogP contribution in [0.1, 0.15) is 37.8 Å². The summed E-state index contributed by atoms with van der Waals surface area (Å²) in [5, 5.41) is 9.03. The first-order valence-corrected chi connectivity index (χ1v) is 8.54. The van der Waals surface area contributed by atoms with Crippen molar-refractivity contribution in [3.63, 3.8) is 0 Å². The average molecular weight is 359 g/mol. The molecule has 0 radical (unpaired) electrons. The molecule has 4 rings (SSSR count). The van der Waals surface area contributed by atoms with Crippen molar-refractivity contribution in [2.45, 2.75) is 5.92 Å². The number of esters is 1. The van der Waals surface area contributed by atoms with E-state index in [1.807, 2.05) is 36.4 Å². The van der Waals surface area contributed by atoms with Crippen LogP contribution in [0, 0.1) is 0 Å². The quantitative estimate of drug-likeness (QED) is 0.544. The van der Waals surface area contributed by atoms with Crippen molar-refractivity contribution in [3.05, 3.63) is 89.0 Å². The maximum Gasteiger partial charge on any atom is 0.338 e. The number of hydrogen-bond acceptors (Lipinski definition) is 4. The lowest BCUT2D eigenvalue weighted by atomic mass is 9.98. The summed E-state index contributed by atoms with van der Waals surface area (Å²) in [7, 11) is 0. The van der Waals surface area contributed by atoms with Crippen molar-refractivity contribution in [3.8, 4) is 11.1 Å². The summed E-state index contributed by atoms with van der Waals surface area (Å²) in [5.74, 6) is -1.69. The maximum absolute atomic E-state index is 12.4. The highest BCUT2D eigenvalue weighted by molar-refractivity contribution is 5.97. The van der Waals surface area contributed by atoms with Gasteiger partial charge in [-0.05, 0) is 40.5 Å². The minimum Gasteiger partial charge on any atom is -0.478 e. The van der Waals surface area contributed by atoms with Gasteiger partial charge in [0.25, 0.3) is 0 Å². The number of nitrogen functional groups attached to an aromatic ring is 1. The van der Waals surface area contributed by atoms with E-state index in [9.17, 15) is 9.59 Å². The van der Waals surface area contributed by atoms with E-state index in [4.69, 9.17) is 15.6 Å². The van der Waals surface area contributed by atoms with Crippen LogP contribution < -0.4 is 5.73 Å². The van der Waals surface area contributed by atoms with E-state index in [1.165, 1.54) is 18.2 Å². The number of carboxylic acids is 1. The van der Waals surface area contributed by atoms with Crippen LogP contribution in [0.25, 0.3) is 11.1 Å². The van der Waals surface area contributed by atoms with Gasteiger partial charge in [-0.1, -0.05) is 48.5 Å². The van der Waals surface area contributed by atoms with Crippen molar-refractivity contribution >= 4 is 17.6 Å². The third-order valence-corrected chi connectivity index (χ3v) is 4.86. The van der Waals surface area contributed by atoms with Gasteiger partial charge >= 0.3 is 11.9 Å². The van der Waals surface area contributed by atoms with Crippen LogP contribution in [0.15, 0.2) is 66.7 Å². The Bertz CT molecular complexity index is 1010. The minimum absolute atomic E-state index is 0.0306. The van der Waals surface area contributed by atoms with E-state index in [0.717, 1.165) is 22.3 Å². The fourth-order valence-electron chi connectivity index (χ4n) is 3.57. The number of carbonyl (C=O) groups is 2. The number of carboxylic acid groups (broad SMARTS) is 1. The summed E-state index contributed by atoms with van der Waals surface area (Å²) < 4.78 is 5.54. The molecule has 27 heavy (non-hydrogen) atoms. The fraction of sp³-hybridized carbons (Fsp3) is 0.0909. The SMILES string of the molecule is Nc1cc(C(=O)OCC2c3ccccc3-c3ccccc32)ccc1C(=O)O. The van der Waals surface area contributed by atoms with E-state index in [-0.39, 0.29) is 29.3 Å². The molecular formula is C22H17NO4. The molecule has 0 aliphatic heterocycles. The summed E-state index contributed by atoms with van der Waals surface area (Å²) >= 11 is 0. The minimum atomic E-state index is -1.13. The Hall–Kier alpha value is -3.60. The smallest absolute Gasteiger partial charge is 0.338 e. The normalized spacial score (nSPS) is 12.3. The third kappa shape index (κ3) is 2.93. The lowest BCUT2D eigenvalue weighted by Crippen LogP contribution is -2.13. The zero-order valence-electron chi connectivity index (χ0n) is 14.4. The van der Waals surface area contributed by atoms with E-state index in [1.54, 1.807) is 0 Å². The Morgan fingerprint density at radius 2 is 1.52 bits per heavy atom. The van der Waals surface area contributed by atoms with Gasteiger partial charge in [-0.15, -0.1) is 0 Å². The fourth-order valence-corrected chi connectivity index (χ4v) is 3.57. The van der Waals surface area contributed by atoms with Gasteiger partial charge in [0, 0.05) is 11.6 Å². The second-order valence-electron chi connectivity index (χ2n) is 6.43. The number of ether oxygens (including phenoxy) is 1. The van der Waals surface area contributed by atoms with E-state index < -0.39 is 11.9 Å². The highest BCUT2D eigenvalue weighted by Gasteiger charge is 2.29. The second-order valence-corrected chi connectivity index (χ2v) is 6.43. The molecule has 0 bridgehead atoms. The van der Waals surface area contributed by atoms with Gasteiger partial charge in [-0.25, -0.2) is 9.59 Å². The van der Waals surface area contributed by atoms with E-state index in [0.29, 0.717) is 0 Å². The van der Waals surface area contributed by atoms with Gasteiger partial charge < -0.3 is 15.6 Å². The van der Waals surface area contributed by atoms with Crippen LogP contribution >= 0.6 is 0 Å². The standard InChI is InChI=1S/C22H17NO4/c23-20-11-13(9-10-18(20)21(24)25)22(26)27-12-19-16-7-3-1-5-14(16)15-6-2-4-8-17(15)19/h1-11,19H,12,23H2,(H,24,25). The van der Waals surface area contributed by atoms with Gasteiger partial charge in [0.05, 0.1) is 11.1 Å². The van der Waals surface area contributed by atoms with Gasteiger partial charge in [-0.2, -0.15) is 0 Å². The molecule has 1 aliphatic rings. The van der Waals surface area contributed by atoms with Crippen LogP contribution in [-0.4, -0.2) is 23.7 Å². The number of fused-ring (bicyclic) bond motifs is 3. The number of rotatable bonds is 4. The zero-order chi connectivity index (χ0) is 19.0. The summed E-state index contributed by atoms with van der Waals surface area (Å²) in [6.07, 6.45) is 0. The van der Waals surface area contributed by atoms with Crippen LogP contribution in [-0.2, 0) is 4.74 Å². The Morgan fingerprint density at radius 3 is 2.07 bits per heavy atom. The Morgan fingerprint density at radius 1 is 0.926 bits per heavy atom. The predicted molar refractivity (Wildman–Crippen MR) is 102 cm³/mol. The number of hydrogen-bond donors (Lipinski definition) is 2. The lowest BCUT2D eigenvalue weighted by Gasteiger charge is -2.14. The summed E-state index contributed by atoms with van der Waals surface area (Å²) in [5.41, 5.74) is 10.5. The summed E-state index contributed by atoms with van der Waals surface area (Å²) in [6.45, 7) is 0.202. The summed E-state index contributed by atoms with van der Waals surface area (Å²) in [4.78, 5) is 23.5. The molecule has 3 aromatic carbocycles. The molecule has 0 spiro atoms. The maximum atomic E-state index is 12.4. The molecule has 0 heterocycles. The molecule has 0 amide bonds. The molecule has 0 unspecified atom stereocenters. The molecule has 5 nitrogen and oxygen atoms in total. The number of anilines is 1. The third-order valence-electron chi connectivity index (χ3n) is 4.86. The molecule has 0 saturated carbocycles. The van der Waals surface area contributed by atoms with Gasteiger partial charge in [0.2, 0.25) is 0 Å². The first-order valence-electron chi connectivity index (χ1n) is 8.54. The van der Waals surface area contributed by atoms with Crippen LogP contribution in [0.5, 0.6) is 0 Å². The zero-order valence-corrected chi connectivity index (χ0v) is 14.4. The van der Waals surface area contributed by atoms with Crippen molar-refractivity contribution in [1.82, 2.24) is 0 Å². The monoisotopic (exact) mass is 359 g/mol. The highest BCUT2D eigenvalue weighted by Crippen LogP contribution is 2.44. The van der Waals surface area contributed by atoms with Crippen molar-refractivity contribution in [2.24, 2.45) is 0 Å². The van der Waals surface area contributed by atoms with E-state index in [2.05, 4.69) is 12.1 Å². The molecule has 5 heteroatoms. The van der Waals surface area contributed by atoms with Crippen LogP contribution in [0.3, 0.4) is 0 Å². The number of aromatic carboxylic acids is 1. The molecular weight excluding hydrogens is 342 g/mol. The predicted octanol–water partition coefficient (Wildman–Crippen LogP) is 3.94. The molecule has 134 valence electrons. The van der Waals surface area contributed by atoms with Crippen molar-refractivity contribution < 1.29 is 19.4 Å². The number of nitrogens with two attached hydrogens (primary N) is 1. The summed E-state index contributed by atoms with van der Waals surface area (Å²) in [6, 6.07) is 20.3. The van der Waals surface area contributed by atoms with Gasteiger partial charge in [-0.3, -0.25) is 0 Å².